The highest BCUT2D eigenvalue weighted by atomic mass is 16.5. The van der Waals surface area contributed by atoms with E-state index >= 15 is 0 Å². The molecule has 2 aromatic heterocycles. The first kappa shape index (κ1) is 13.4. The molecule has 0 aliphatic rings. The van der Waals surface area contributed by atoms with Gasteiger partial charge in [-0.05, 0) is 38.5 Å². The first-order chi connectivity index (χ1) is 10.0. The molecule has 3 rings (SSSR count). The molecule has 0 amide bonds. The lowest BCUT2D eigenvalue weighted by molar-refractivity contribution is 0.175. The number of hydrogen-bond donors (Lipinski definition) is 0. The SMILES string of the molecule is Cc1noc(C(C)Oc2ccc3c(C)cc(=O)oc3c2)n1. The Labute approximate surface area is 120 Å². The summed E-state index contributed by atoms with van der Waals surface area (Å²) in [5, 5.41) is 4.60. The molecule has 0 aliphatic carbocycles. The number of hydrogen-bond acceptors (Lipinski definition) is 6. The quantitative estimate of drug-likeness (QED) is 0.689. The number of rotatable bonds is 3. The third-order valence-corrected chi connectivity index (χ3v) is 3.13. The summed E-state index contributed by atoms with van der Waals surface area (Å²) in [5.74, 6) is 1.53. The molecule has 2 heterocycles. The molecule has 0 saturated carbocycles. The van der Waals surface area contributed by atoms with Gasteiger partial charge in [0.25, 0.3) is 5.89 Å². The van der Waals surface area contributed by atoms with Crippen LogP contribution >= 0.6 is 0 Å². The average molecular weight is 286 g/mol. The fourth-order valence-corrected chi connectivity index (χ4v) is 2.11. The average Bonchev–Trinajstić information content (AvgIpc) is 2.85. The molecular weight excluding hydrogens is 272 g/mol. The topological polar surface area (TPSA) is 78.4 Å². The zero-order valence-corrected chi connectivity index (χ0v) is 11.9. The Morgan fingerprint density at radius 2 is 2.05 bits per heavy atom. The third-order valence-electron chi connectivity index (χ3n) is 3.13. The lowest BCUT2D eigenvalue weighted by Crippen LogP contribution is -2.04. The van der Waals surface area contributed by atoms with Crippen LogP contribution in [-0.4, -0.2) is 10.1 Å². The van der Waals surface area contributed by atoms with Crippen molar-refractivity contribution in [1.29, 1.82) is 0 Å². The van der Waals surface area contributed by atoms with E-state index < -0.39 is 0 Å². The van der Waals surface area contributed by atoms with E-state index in [0.29, 0.717) is 23.0 Å². The van der Waals surface area contributed by atoms with Gasteiger partial charge in [0.2, 0.25) is 0 Å². The van der Waals surface area contributed by atoms with Gasteiger partial charge >= 0.3 is 5.63 Å². The van der Waals surface area contributed by atoms with Crippen molar-refractivity contribution < 1.29 is 13.7 Å². The summed E-state index contributed by atoms with van der Waals surface area (Å²) in [5.41, 5.74) is 0.984. The van der Waals surface area contributed by atoms with Crippen molar-refractivity contribution in [1.82, 2.24) is 10.1 Å². The van der Waals surface area contributed by atoms with Crippen LogP contribution in [0.3, 0.4) is 0 Å². The standard InChI is InChI=1S/C15H14N2O4/c1-8-6-14(18)20-13-7-11(4-5-12(8)13)19-9(2)15-16-10(3)17-21-15/h4-7,9H,1-3H3. The van der Waals surface area contributed by atoms with Crippen LogP contribution in [0.2, 0.25) is 0 Å². The van der Waals surface area contributed by atoms with Crippen LogP contribution < -0.4 is 10.4 Å². The molecule has 0 saturated heterocycles. The molecule has 0 N–H and O–H groups in total. The van der Waals surface area contributed by atoms with Gasteiger partial charge in [0.1, 0.15) is 11.3 Å². The van der Waals surface area contributed by atoms with Crippen molar-refractivity contribution in [2.45, 2.75) is 26.9 Å². The van der Waals surface area contributed by atoms with Crippen molar-refractivity contribution in [3.8, 4) is 5.75 Å². The van der Waals surface area contributed by atoms with E-state index in [-0.39, 0.29) is 11.7 Å². The van der Waals surface area contributed by atoms with Gasteiger partial charge < -0.3 is 13.7 Å². The number of aryl methyl sites for hydroxylation is 2. The number of benzene rings is 1. The minimum atomic E-state index is -0.389. The summed E-state index contributed by atoms with van der Waals surface area (Å²) < 4.78 is 16.0. The Kier molecular flexibility index (Phi) is 3.21. The Bertz CT molecular complexity index is 850. The van der Waals surface area contributed by atoms with Crippen LogP contribution in [0.25, 0.3) is 11.0 Å². The molecule has 3 aromatic rings. The molecule has 1 atom stereocenters. The van der Waals surface area contributed by atoms with E-state index in [2.05, 4.69) is 10.1 Å². The lowest BCUT2D eigenvalue weighted by atomic mass is 10.1. The van der Waals surface area contributed by atoms with Gasteiger partial charge in [0.05, 0.1) is 0 Å². The summed E-state index contributed by atoms with van der Waals surface area (Å²) in [7, 11) is 0. The van der Waals surface area contributed by atoms with Gasteiger partial charge in [-0.15, -0.1) is 0 Å². The van der Waals surface area contributed by atoms with Gasteiger partial charge in [-0.2, -0.15) is 4.98 Å². The highest BCUT2D eigenvalue weighted by molar-refractivity contribution is 5.81. The van der Waals surface area contributed by atoms with E-state index in [4.69, 9.17) is 13.7 Å². The number of ether oxygens (including phenoxy) is 1. The molecule has 108 valence electrons. The molecule has 0 bridgehead atoms. The van der Waals surface area contributed by atoms with Gasteiger partial charge in [0, 0.05) is 17.5 Å². The zero-order valence-electron chi connectivity index (χ0n) is 11.9. The minimum Gasteiger partial charge on any atom is -0.481 e. The fraction of sp³-hybridized carbons (Fsp3) is 0.267. The minimum absolute atomic E-state index is 0.377. The highest BCUT2D eigenvalue weighted by Crippen LogP contribution is 2.25. The molecule has 1 aromatic carbocycles. The first-order valence-corrected chi connectivity index (χ1v) is 6.54. The van der Waals surface area contributed by atoms with Crippen LogP contribution in [0.4, 0.5) is 0 Å². The molecule has 0 aliphatic heterocycles. The molecule has 21 heavy (non-hydrogen) atoms. The number of nitrogens with zero attached hydrogens (tertiary/aromatic N) is 2. The maximum Gasteiger partial charge on any atom is 0.336 e. The van der Waals surface area contributed by atoms with Gasteiger partial charge in [0.15, 0.2) is 11.9 Å². The van der Waals surface area contributed by atoms with Crippen molar-refractivity contribution in [3.05, 3.63) is 52.0 Å². The van der Waals surface area contributed by atoms with E-state index in [1.54, 1.807) is 13.0 Å². The summed E-state index contributed by atoms with van der Waals surface area (Å²) in [6.45, 7) is 5.42. The maximum absolute atomic E-state index is 11.4. The lowest BCUT2D eigenvalue weighted by Gasteiger charge is -2.11. The second-order valence-corrected chi connectivity index (χ2v) is 4.85. The summed E-state index contributed by atoms with van der Waals surface area (Å²) in [6, 6.07) is 6.82. The van der Waals surface area contributed by atoms with E-state index in [0.717, 1.165) is 10.9 Å². The Hall–Kier alpha value is -2.63. The molecule has 1 unspecified atom stereocenters. The van der Waals surface area contributed by atoms with E-state index in [1.807, 2.05) is 26.0 Å². The second kappa shape index (κ2) is 5.05. The highest BCUT2D eigenvalue weighted by Gasteiger charge is 2.15. The molecular formula is C15H14N2O4. The van der Waals surface area contributed by atoms with Gasteiger partial charge in [-0.1, -0.05) is 5.16 Å². The van der Waals surface area contributed by atoms with Crippen molar-refractivity contribution in [3.63, 3.8) is 0 Å². The fourth-order valence-electron chi connectivity index (χ4n) is 2.11. The van der Waals surface area contributed by atoms with Crippen LogP contribution in [0.5, 0.6) is 5.75 Å². The van der Waals surface area contributed by atoms with Crippen molar-refractivity contribution >= 4 is 11.0 Å². The normalized spacial score (nSPS) is 12.5. The van der Waals surface area contributed by atoms with E-state index in [9.17, 15) is 4.79 Å². The van der Waals surface area contributed by atoms with Gasteiger partial charge in [-0.3, -0.25) is 0 Å². The largest absolute Gasteiger partial charge is 0.481 e. The van der Waals surface area contributed by atoms with Crippen molar-refractivity contribution in [2.24, 2.45) is 0 Å². The zero-order chi connectivity index (χ0) is 15.0. The summed E-state index contributed by atoms with van der Waals surface area (Å²) in [6.07, 6.45) is -0.389. The summed E-state index contributed by atoms with van der Waals surface area (Å²) in [4.78, 5) is 15.5. The molecule has 0 radical (unpaired) electrons. The molecule has 6 heteroatoms. The Morgan fingerprint density at radius 1 is 1.24 bits per heavy atom. The monoisotopic (exact) mass is 286 g/mol. The number of aromatic nitrogens is 2. The predicted molar refractivity (Wildman–Crippen MR) is 75.3 cm³/mol. The summed E-state index contributed by atoms with van der Waals surface area (Å²) >= 11 is 0. The van der Waals surface area contributed by atoms with Crippen LogP contribution in [0, 0.1) is 13.8 Å². The van der Waals surface area contributed by atoms with Crippen LogP contribution in [0.1, 0.15) is 30.3 Å². The van der Waals surface area contributed by atoms with Crippen LogP contribution in [0.15, 0.2) is 38.0 Å². The van der Waals surface area contributed by atoms with Crippen LogP contribution in [-0.2, 0) is 0 Å². The van der Waals surface area contributed by atoms with E-state index in [1.165, 1.54) is 6.07 Å². The Morgan fingerprint density at radius 3 is 2.76 bits per heavy atom. The Balaban J connectivity index is 1.92. The van der Waals surface area contributed by atoms with Crippen molar-refractivity contribution in [2.75, 3.05) is 0 Å². The molecule has 6 nitrogen and oxygen atoms in total. The smallest absolute Gasteiger partial charge is 0.336 e. The molecule has 0 spiro atoms. The number of fused-ring (bicyclic) bond motifs is 1. The third kappa shape index (κ3) is 2.65. The second-order valence-electron chi connectivity index (χ2n) is 4.85. The maximum atomic E-state index is 11.4. The first-order valence-electron chi connectivity index (χ1n) is 6.54. The van der Waals surface area contributed by atoms with Gasteiger partial charge in [-0.25, -0.2) is 4.79 Å². The predicted octanol–water partition coefficient (Wildman–Crippen LogP) is 2.93. The molecule has 0 fully saturated rings.